The molecule has 1 heterocycles. The second-order valence-corrected chi connectivity index (χ2v) is 4.76. The fraction of sp³-hybridized carbons (Fsp3) is 0.455. The van der Waals surface area contributed by atoms with Gasteiger partial charge in [0, 0.05) is 5.25 Å². The molecule has 1 N–H and O–H groups in total. The van der Waals surface area contributed by atoms with Gasteiger partial charge in [-0.2, -0.15) is 11.8 Å². The number of thioether (sulfide) groups is 1. The van der Waals surface area contributed by atoms with Gasteiger partial charge in [0.2, 0.25) is 0 Å². The zero-order chi connectivity index (χ0) is 9.10. The van der Waals surface area contributed by atoms with Crippen molar-refractivity contribution in [2.45, 2.75) is 24.5 Å². The summed E-state index contributed by atoms with van der Waals surface area (Å²) in [7, 11) is 0. The van der Waals surface area contributed by atoms with Gasteiger partial charge in [-0.25, -0.2) is 0 Å². The first-order valence-corrected chi connectivity index (χ1v) is 5.82. The van der Waals surface area contributed by atoms with Gasteiger partial charge < -0.3 is 5.11 Å². The Labute approximate surface area is 83.2 Å². The highest BCUT2D eigenvalue weighted by atomic mass is 32.2. The number of rotatable bonds is 1. The summed E-state index contributed by atoms with van der Waals surface area (Å²) in [5.41, 5.74) is 1.28. The van der Waals surface area contributed by atoms with Crippen molar-refractivity contribution in [3.05, 3.63) is 29.8 Å². The van der Waals surface area contributed by atoms with E-state index in [1.54, 1.807) is 6.07 Å². The largest absolute Gasteiger partial charge is 0.508 e. The number of phenolic OH excluding ortho intramolecular Hbond substituents is 1. The molecule has 1 atom stereocenters. The molecule has 1 aromatic rings. The van der Waals surface area contributed by atoms with Gasteiger partial charge in [0.1, 0.15) is 5.75 Å². The summed E-state index contributed by atoms with van der Waals surface area (Å²) < 4.78 is 0. The third-order valence-corrected chi connectivity index (χ3v) is 3.86. The van der Waals surface area contributed by atoms with E-state index in [1.165, 1.54) is 30.6 Å². The van der Waals surface area contributed by atoms with Crippen LogP contribution in [0.25, 0.3) is 0 Å². The fourth-order valence-electron chi connectivity index (χ4n) is 1.73. The molecule has 0 saturated carbocycles. The molecule has 1 saturated heterocycles. The third-order valence-electron chi connectivity index (χ3n) is 2.42. The predicted molar refractivity (Wildman–Crippen MR) is 57.2 cm³/mol. The van der Waals surface area contributed by atoms with Crippen molar-refractivity contribution >= 4 is 11.8 Å². The van der Waals surface area contributed by atoms with Gasteiger partial charge >= 0.3 is 0 Å². The Morgan fingerprint density at radius 1 is 1.31 bits per heavy atom. The van der Waals surface area contributed by atoms with Crippen LogP contribution in [0.2, 0.25) is 0 Å². The van der Waals surface area contributed by atoms with Gasteiger partial charge in [-0.05, 0) is 36.3 Å². The second kappa shape index (κ2) is 4.05. The highest BCUT2D eigenvalue weighted by Crippen LogP contribution is 2.38. The molecule has 0 amide bonds. The van der Waals surface area contributed by atoms with Crippen LogP contribution in [0.15, 0.2) is 24.3 Å². The van der Waals surface area contributed by atoms with E-state index in [0.29, 0.717) is 11.0 Å². The summed E-state index contributed by atoms with van der Waals surface area (Å²) in [6, 6.07) is 7.67. The van der Waals surface area contributed by atoms with Crippen LogP contribution >= 0.6 is 11.8 Å². The summed E-state index contributed by atoms with van der Waals surface area (Å²) >= 11 is 2.01. The van der Waals surface area contributed by atoms with Gasteiger partial charge in [-0.15, -0.1) is 0 Å². The van der Waals surface area contributed by atoms with Crippen LogP contribution in [-0.4, -0.2) is 10.9 Å². The van der Waals surface area contributed by atoms with E-state index in [4.69, 9.17) is 0 Å². The topological polar surface area (TPSA) is 20.2 Å². The van der Waals surface area contributed by atoms with Crippen LogP contribution in [0.4, 0.5) is 0 Å². The first-order valence-electron chi connectivity index (χ1n) is 4.77. The quantitative estimate of drug-likeness (QED) is 0.739. The average molecular weight is 194 g/mol. The Bertz CT molecular complexity index is 279. The van der Waals surface area contributed by atoms with Crippen molar-refractivity contribution in [3.8, 4) is 5.75 Å². The minimum Gasteiger partial charge on any atom is -0.508 e. The van der Waals surface area contributed by atoms with Crippen LogP contribution < -0.4 is 0 Å². The Morgan fingerprint density at radius 3 is 2.92 bits per heavy atom. The maximum atomic E-state index is 9.33. The molecule has 1 fully saturated rings. The normalized spacial score (nSPS) is 22.9. The first-order chi connectivity index (χ1) is 6.36. The molecule has 1 aliphatic rings. The summed E-state index contributed by atoms with van der Waals surface area (Å²) in [6.45, 7) is 0. The second-order valence-electron chi connectivity index (χ2n) is 3.45. The summed E-state index contributed by atoms with van der Waals surface area (Å²) in [5, 5.41) is 9.95. The lowest BCUT2D eigenvalue weighted by Crippen LogP contribution is -2.01. The zero-order valence-electron chi connectivity index (χ0n) is 7.57. The lowest BCUT2D eigenvalue weighted by atomic mass is 10.1. The summed E-state index contributed by atoms with van der Waals surface area (Å²) in [6.07, 6.45) is 3.93. The molecule has 2 heteroatoms. The SMILES string of the molecule is Oc1cccc(C2CCCCS2)c1. The molecule has 13 heavy (non-hydrogen) atoms. The van der Waals surface area contributed by atoms with Gasteiger partial charge in [0.05, 0.1) is 0 Å². The van der Waals surface area contributed by atoms with E-state index in [0.717, 1.165) is 0 Å². The lowest BCUT2D eigenvalue weighted by molar-refractivity contribution is 0.474. The third kappa shape index (κ3) is 2.19. The van der Waals surface area contributed by atoms with Crippen LogP contribution in [0.1, 0.15) is 30.1 Å². The van der Waals surface area contributed by atoms with Crippen molar-refractivity contribution in [1.29, 1.82) is 0 Å². The summed E-state index contributed by atoms with van der Waals surface area (Å²) in [4.78, 5) is 0. The van der Waals surface area contributed by atoms with Crippen molar-refractivity contribution in [2.75, 3.05) is 5.75 Å². The molecule has 1 aliphatic heterocycles. The van der Waals surface area contributed by atoms with E-state index in [9.17, 15) is 5.11 Å². The smallest absolute Gasteiger partial charge is 0.115 e. The van der Waals surface area contributed by atoms with Crippen LogP contribution in [0.5, 0.6) is 5.75 Å². The Balaban J connectivity index is 2.14. The maximum Gasteiger partial charge on any atom is 0.115 e. The number of phenols is 1. The van der Waals surface area contributed by atoms with Gasteiger partial charge in [0.25, 0.3) is 0 Å². The highest BCUT2D eigenvalue weighted by molar-refractivity contribution is 7.99. The van der Waals surface area contributed by atoms with Gasteiger partial charge in [-0.3, -0.25) is 0 Å². The zero-order valence-corrected chi connectivity index (χ0v) is 8.39. The van der Waals surface area contributed by atoms with Crippen molar-refractivity contribution in [3.63, 3.8) is 0 Å². The molecule has 1 unspecified atom stereocenters. The van der Waals surface area contributed by atoms with Crippen molar-refractivity contribution < 1.29 is 5.11 Å². The molecule has 0 bridgehead atoms. The van der Waals surface area contributed by atoms with E-state index in [-0.39, 0.29) is 0 Å². The Morgan fingerprint density at radius 2 is 2.23 bits per heavy atom. The van der Waals surface area contributed by atoms with Gasteiger partial charge in [0.15, 0.2) is 0 Å². The van der Waals surface area contributed by atoms with E-state index < -0.39 is 0 Å². The predicted octanol–water partition coefficient (Wildman–Crippen LogP) is 3.35. The maximum absolute atomic E-state index is 9.33. The van der Waals surface area contributed by atoms with E-state index in [1.807, 2.05) is 23.9 Å². The molecule has 70 valence electrons. The first kappa shape index (κ1) is 8.95. The van der Waals surface area contributed by atoms with Crippen LogP contribution in [0, 0.1) is 0 Å². The monoisotopic (exact) mass is 194 g/mol. The van der Waals surface area contributed by atoms with Crippen molar-refractivity contribution in [2.24, 2.45) is 0 Å². The fourth-order valence-corrected chi connectivity index (χ4v) is 3.06. The number of benzene rings is 1. The minimum absolute atomic E-state index is 0.392. The molecule has 0 aromatic heterocycles. The summed E-state index contributed by atoms with van der Waals surface area (Å²) in [5.74, 6) is 1.66. The van der Waals surface area contributed by atoms with Crippen LogP contribution in [-0.2, 0) is 0 Å². The molecule has 0 spiro atoms. The van der Waals surface area contributed by atoms with Crippen molar-refractivity contribution in [1.82, 2.24) is 0 Å². The molecule has 2 rings (SSSR count). The molecular weight excluding hydrogens is 180 g/mol. The highest BCUT2D eigenvalue weighted by Gasteiger charge is 2.15. The lowest BCUT2D eigenvalue weighted by Gasteiger charge is -2.21. The standard InChI is InChI=1S/C11H14OS/c12-10-5-3-4-9(8-10)11-6-1-2-7-13-11/h3-5,8,11-12H,1-2,6-7H2. The molecule has 0 radical (unpaired) electrons. The Hall–Kier alpha value is -0.630. The number of hydrogen-bond acceptors (Lipinski definition) is 2. The Kier molecular flexibility index (Phi) is 2.79. The molecule has 1 nitrogen and oxygen atoms in total. The molecular formula is C11H14OS. The van der Waals surface area contributed by atoms with Gasteiger partial charge in [-0.1, -0.05) is 18.6 Å². The number of hydrogen-bond donors (Lipinski definition) is 1. The minimum atomic E-state index is 0.392. The number of aromatic hydroxyl groups is 1. The van der Waals surface area contributed by atoms with E-state index >= 15 is 0 Å². The molecule has 1 aromatic carbocycles. The van der Waals surface area contributed by atoms with E-state index in [2.05, 4.69) is 6.07 Å². The molecule has 0 aliphatic carbocycles. The average Bonchev–Trinajstić information content (AvgIpc) is 2.19. The van der Waals surface area contributed by atoms with Crippen LogP contribution in [0.3, 0.4) is 0 Å².